The topological polar surface area (TPSA) is 33.1 Å². The highest BCUT2D eigenvalue weighted by Gasteiger charge is 2.33. The van der Waals surface area contributed by atoms with Crippen molar-refractivity contribution in [3.8, 4) is 0 Å². The molecule has 0 bridgehead atoms. The first kappa shape index (κ1) is 15.7. The van der Waals surface area contributed by atoms with Crippen LogP contribution in [0.15, 0.2) is 30.3 Å². The van der Waals surface area contributed by atoms with E-state index >= 15 is 0 Å². The minimum Gasteiger partial charge on any atom is -0.383 e. The summed E-state index contributed by atoms with van der Waals surface area (Å²) in [6.07, 6.45) is -6.13. The average molecular weight is 320 g/mol. The number of aryl methyl sites for hydroxylation is 1. The summed E-state index contributed by atoms with van der Waals surface area (Å²) in [6.45, 7) is 1.51. The predicted octanol–water partition coefficient (Wildman–Crippen LogP) is 4.28. The van der Waals surface area contributed by atoms with Crippen LogP contribution in [0.1, 0.15) is 28.5 Å². The van der Waals surface area contributed by atoms with Gasteiger partial charge in [0.15, 0.2) is 0 Å². The summed E-state index contributed by atoms with van der Waals surface area (Å²) in [7, 11) is 0. The number of halogens is 5. The number of hydrogen-bond acceptors (Lipinski definition) is 2. The fourth-order valence-electron chi connectivity index (χ4n) is 1.86. The summed E-state index contributed by atoms with van der Waals surface area (Å²) >= 11 is 5.68. The Bertz CT molecular complexity index is 673. The number of benzene rings is 1. The lowest BCUT2D eigenvalue weighted by molar-refractivity contribution is -0.141. The predicted molar refractivity (Wildman–Crippen MR) is 69.4 cm³/mol. The highest BCUT2D eigenvalue weighted by Crippen LogP contribution is 2.33. The van der Waals surface area contributed by atoms with Gasteiger partial charge in [-0.1, -0.05) is 35.9 Å². The normalized spacial score (nSPS) is 13.3. The molecule has 7 heteroatoms. The minimum atomic E-state index is -4.64. The van der Waals surface area contributed by atoms with Crippen LogP contribution in [-0.4, -0.2) is 10.1 Å². The second kappa shape index (κ2) is 5.61. The highest BCUT2D eigenvalue weighted by atomic mass is 35.5. The zero-order valence-electron chi connectivity index (χ0n) is 10.7. The fourth-order valence-corrected chi connectivity index (χ4v) is 2.11. The zero-order valence-corrected chi connectivity index (χ0v) is 11.5. The summed E-state index contributed by atoms with van der Waals surface area (Å²) in [6, 6.07) is 6.06. The number of hydrogen-bond donors (Lipinski definition) is 1. The molecule has 1 heterocycles. The number of aliphatic hydroxyl groups is 1. The molecular formula is C14H10ClF4NO. The van der Waals surface area contributed by atoms with Crippen LogP contribution in [0.5, 0.6) is 0 Å². The van der Waals surface area contributed by atoms with Gasteiger partial charge in [-0.3, -0.25) is 0 Å². The highest BCUT2D eigenvalue weighted by molar-refractivity contribution is 6.30. The van der Waals surface area contributed by atoms with Gasteiger partial charge in [0.25, 0.3) is 0 Å². The van der Waals surface area contributed by atoms with E-state index in [2.05, 4.69) is 4.98 Å². The molecule has 0 spiro atoms. The summed E-state index contributed by atoms with van der Waals surface area (Å²) in [4.78, 5) is 3.20. The maximum absolute atomic E-state index is 13.9. The van der Waals surface area contributed by atoms with Gasteiger partial charge in [-0.25, -0.2) is 9.37 Å². The number of pyridine rings is 1. The summed E-state index contributed by atoms with van der Waals surface area (Å²) in [5, 5.41) is 9.61. The third kappa shape index (κ3) is 3.16. The second-order valence-corrected chi connectivity index (χ2v) is 4.81. The molecule has 0 amide bonds. The molecular weight excluding hydrogens is 310 g/mol. The molecule has 2 aromatic rings. The van der Waals surface area contributed by atoms with Gasteiger partial charge in [0.05, 0.1) is 0 Å². The van der Waals surface area contributed by atoms with E-state index in [1.165, 1.54) is 25.1 Å². The van der Waals surface area contributed by atoms with Crippen molar-refractivity contribution in [1.29, 1.82) is 0 Å². The first-order chi connectivity index (χ1) is 9.71. The van der Waals surface area contributed by atoms with Gasteiger partial charge in [0.1, 0.15) is 22.8 Å². The molecule has 2 rings (SSSR count). The van der Waals surface area contributed by atoms with E-state index in [1.54, 1.807) is 0 Å². The molecule has 0 aliphatic carbocycles. The molecule has 1 aromatic carbocycles. The number of alkyl halides is 3. The van der Waals surface area contributed by atoms with Crippen LogP contribution >= 0.6 is 11.6 Å². The van der Waals surface area contributed by atoms with E-state index in [0.29, 0.717) is 11.6 Å². The quantitative estimate of drug-likeness (QED) is 0.662. The Morgan fingerprint density at radius 3 is 2.38 bits per heavy atom. The monoisotopic (exact) mass is 319 g/mol. The van der Waals surface area contributed by atoms with Crippen molar-refractivity contribution in [2.45, 2.75) is 19.2 Å². The molecule has 112 valence electrons. The van der Waals surface area contributed by atoms with E-state index in [-0.39, 0.29) is 11.1 Å². The number of aliphatic hydroxyl groups excluding tert-OH is 1. The van der Waals surface area contributed by atoms with Crippen molar-refractivity contribution in [1.82, 2.24) is 4.98 Å². The Balaban J connectivity index is 2.45. The molecule has 0 aliphatic rings. The standard InChI is InChI=1S/C14H10ClF4NO/c1-7-3-2-4-8(11(7)16)12(21)9-5-6-10(14(17,18)19)20-13(9)15/h2-6,12,21H,1H3. The van der Waals surface area contributed by atoms with Crippen LogP contribution in [0.4, 0.5) is 17.6 Å². The molecule has 0 saturated carbocycles. The lowest BCUT2D eigenvalue weighted by atomic mass is 10.00. The number of rotatable bonds is 2. The molecule has 0 radical (unpaired) electrons. The van der Waals surface area contributed by atoms with Crippen molar-refractivity contribution >= 4 is 11.6 Å². The maximum atomic E-state index is 13.9. The van der Waals surface area contributed by atoms with E-state index in [1.807, 2.05) is 0 Å². The average Bonchev–Trinajstić information content (AvgIpc) is 2.40. The Morgan fingerprint density at radius 1 is 1.14 bits per heavy atom. The smallest absolute Gasteiger partial charge is 0.383 e. The lowest BCUT2D eigenvalue weighted by Crippen LogP contribution is -2.11. The second-order valence-electron chi connectivity index (χ2n) is 4.45. The minimum absolute atomic E-state index is 0.0709. The van der Waals surface area contributed by atoms with Gasteiger partial charge in [-0.05, 0) is 18.6 Å². The van der Waals surface area contributed by atoms with Gasteiger partial charge >= 0.3 is 6.18 Å². The molecule has 0 fully saturated rings. The van der Waals surface area contributed by atoms with Gasteiger partial charge in [0.2, 0.25) is 0 Å². The fraction of sp³-hybridized carbons (Fsp3) is 0.214. The zero-order chi connectivity index (χ0) is 15.8. The van der Waals surface area contributed by atoms with E-state index < -0.39 is 28.9 Å². The van der Waals surface area contributed by atoms with Gasteiger partial charge < -0.3 is 5.11 Å². The van der Waals surface area contributed by atoms with Crippen LogP contribution in [0.2, 0.25) is 5.15 Å². The van der Waals surface area contributed by atoms with Crippen LogP contribution in [0, 0.1) is 12.7 Å². The molecule has 1 unspecified atom stereocenters. The molecule has 1 atom stereocenters. The first-order valence-electron chi connectivity index (χ1n) is 5.88. The Hall–Kier alpha value is -1.66. The van der Waals surface area contributed by atoms with Crippen molar-refractivity contribution in [2.75, 3.05) is 0 Å². The van der Waals surface area contributed by atoms with Crippen LogP contribution < -0.4 is 0 Å². The number of nitrogens with zero attached hydrogens (tertiary/aromatic N) is 1. The van der Waals surface area contributed by atoms with Crippen molar-refractivity contribution in [2.24, 2.45) is 0 Å². The number of aromatic nitrogens is 1. The van der Waals surface area contributed by atoms with Crippen LogP contribution in [0.3, 0.4) is 0 Å². The lowest BCUT2D eigenvalue weighted by Gasteiger charge is -2.15. The van der Waals surface area contributed by atoms with E-state index in [9.17, 15) is 22.7 Å². The van der Waals surface area contributed by atoms with Crippen LogP contribution in [-0.2, 0) is 6.18 Å². The van der Waals surface area contributed by atoms with Crippen LogP contribution in [0.25, 0.3) is 0 Å². The third-order valence-corrected chi connectivity index (χ3v) is 3.28. The summed E-state index contributed by atoms with van der Waals surface area (Å²) in [5.41, 5.74) is -1.02. The van der Waals surface area contributed by atoms with Gasteiger partial charge in [0, 0.05) is 11.1 Å². The van der Waals surface area contributed by atoms with E-state index in [0.717, 1.165) is 6.07 Å². The first-order valence-corrected chi connectivity index (χ1v) is 6.26. The molecule has 1 N–H and O–H groups in total. The Morgan fingerprint density at radius 2 is 1.81 bits per heavy atom. The summed E-state index contributed by atoms with van der Waals surface area (Å²) < 4.78 is 51.4. The molecule has 0 saturated heterocycles. The van der Waals surface area contributed by atoms with Gasteiger partial charge in [-0.2, -0.15) is 13.2 Å². The van der Waals surface area contributed by atoms with Crippen molar-refractivity contribution in [3.05, 3.63) is 63.7 Å². The van der Waals surface area contributed by atoms with Gasteiger partial charge in [-0.15, -0.1) is 0 Å². The van der Waals surface area contributed by atoms with Crippen molar-refractivity contribution < 1.29 is 22.7 Å². The summed E-state index contributed by atoms with van der Waals surface area (Å²) in [5.74, 6) is -0.638. The molecule has 1 aromatic heterocycles. The Kier molecular flexibility index (Phi) is 4.20. The molecule has 2 nitrogen and oxygen atoms in total. The molecule has 21 heavy (non-hydrogen) atoms. The van der Waals surface area contributed by atoms with Crippen molar-refractivity contribution in [3.63, 3.8) is 0 Å². The maximum Gasteiger partial charge on any atom is 0.433 e. The third-order valence-electron chi connectivity index (χ3n) is 2.98. The van der Waals surface area contributed by atoms with E-state index in [4.69, 9.17) is 11.6 Å². The Labute approximate surface area is 123 Å². The SMILES string of the molecule is Cc1cccc(C(O)c2ccc(C(F)(F)F)nc2Cl)c1F. The largest absolute Gasteiger partial charge is 0.433 e. The molecule has 0 aliphatic heterocycles.